The van der Waals surface area contributed by atoms with Gasteiger partial charge >= 0.3 is 13.8 Å². The summed E-state index contributed by atoms with van der Waals surface area (Å²) < 4.78 is 60.2. The molecular weight excluding hydrogens is 348 g/mol. The first-order valence-electron chi connectivity index (χ1n) is 7.10. The zero-order chi connectivity index (χ0) is 18.2. The number of hydrazone groups is 1. The summed E-state index contributed by atoms with van der Waals surface area (Å²) in [5.41, 5.74) is 2.27. The summed E-state index contributed by atoms with van der Waals surface area (Å²) in [6.45, 7) is 2.84. The number of hydrogen-bond acceptors (Lipinski definition) is 6. The fraction of sp³-hybridized carbons (Fsp3) is 0.429. The number of nitrogens with zero attached hydrogens (tertiary/aromatic N) is 1. The van der Waals surface area contributed by atoms with Crippen LogP contribution in [-0.4, -0.2) is 30.6 Å². The van der Waals surface area contributed by atoms with E-state index in [1.54, 1.807) is 30.3 Å². The number of ketones is 1. The highest BCUT2D eigenvalue weighted by Crippen LogP contribution is 2.51. The molecule has 1 aromatic carbocycles. The topological polar surface area (TPSA) is 77.0 Å². The Balaban J connectivity index is 3.14. The number of carbonyl (C=O) groups excluding carboxylic acids is 1. The highest BCUT2D eigenvalue weighted by atomic mass is 31.2. The predicted octanol–water partition coefficient (Wildman–Crippen LogP) is 4.20. The summed E-state index contributed by atoms with van der Waals surface area (Å²) in [4.78, 5) is 11.3. The van der Waals surface area contributed by atoms with E-state index >= 15 is 0 Å². The molecule has 10 heteroatoms. The summed E-state index contributed by atoms with van der Waals surface area (Å²) >= 11 is 0. The van der Waals surface area contributed by atoms with Gasteiger partial charge in [-0.1, -0.05) is 18.2 Å². The Morgan fingerprint density at radius 2 is 1.71 bits per heavy atom. The van der Waals surface area contributed by atoms with Crippen LogP contribution in [0.3, 0.4) is 0 Å². The number of hydrogen-bond donors (Lipinski definition) is 1. The van der Waals surface area contributed by atoms with E-state index in [4.69, 9.17) is 9.05 Å². The third-order valence-corrected chi connectivity index (χ3v) is 4.72. The van der Waals surface area contributed by atoms with Crippen LogP contribution >= 0.6 is 7.60 Å². The van der Waals surface area contributed by atoms with Gasteiger partial charge in [-0.2, -0.15) is 18.3 Å². The molecule has 0 saturated carbocycles. The van der Waals surface area contributed by atoms with Gasteiger partial charge in [-0.05, 0) is 26.0 Å². The van der Waals surface area contributed by atoms with Crippen LogP contribution in [0.5, 0.6) is 0 Å². The molecule has 0 heterocycles. The van der Waals surface area contributed by atoms with Gasteiger partial charge in [-0.15, -0.1) is 0 Å². The Morgan fingerprint density at radius 1 is 1.17 bits per heavy atom. The van der Waals surface area contributed by atoms with E-state index < -0.39 is 31.4 Å². The molecule has 0 aliphatic rings. The van der Waals surface area contributed by atoms with Crippen LogP contribution in [0.4, 0.5) is 18.9 Å². The Bertz CT molecular complexity index is 610. The van der Waals surface area contributed by atoms with Gasteiger partial charge in [0.05, 0.1) is 25.3 Å². The predicted molar refractivity (Wildman–Crippen MR) is 84.0 cm³/mol. The number of rotatable bonds is 9. The summed E-state index contributed by atoms with van der Waals surface area (Å²) in [5.74, 6) is -2.09. The SMILES string of the molecule is CCOP(=O)(OCC)/C(CC(=O)C(F)(F)F)=N/Nc1ccccc1. The fourth-order valence-corrected chi connectivity index (χ4v) is 3.17. The first-order chi connectivity index (χ1) is 11.2. The van der Waals surface area contributed by atoms with E-state index in [0.717, 1.165) is 0 Å². The molecule has 24 heavy (non-hydrogen) atoms. The Labute approximate surface area is 137 Å². The molecule has 1 N–H and O–H groups in total. The molecule has 0 aromatic heterocycles. The Morgan fingerprint density at radius 3 is 2.17 bits per heavy atom. The van der Waals surface area contributed by atoms with Crippen molar-refractivity contribution in [3.8, 4) is 0 Å². The molecule has 0 aliphatic heterocycles. The van der Waals surface area contributed by atoms with Crippen molar-refractivity contribution in [2.24, 2.45) is 5.10 Å². The van der Waals surface area contributed by atoms with E-state index in [1.807, 2.05) is 0 Å². The molecule has 0 atom stereocenters. The smallest absolute Gasteiger partial charge is 0.305 e. The summed E-state index contributed by atoms with van der Waals surface area (Å²) in [5, 5.41) is 3.69. The molecular formula is C14H18F3N2O4P. The van der Waals surface area contributed by atoms with Crippen molar-refractivity contribution in [2.45, 2.75) is 26.4 Å². The maximum atomic E-state index is 12.7. The zero-order valence-electron chi connectivity index (χ0n) is 13.2. The molecule has 0 radical (unpaired) electrons. The molecule has 0 bridgehead atoms. The molecule has 0 unspecified atom stereocenters. The van der Waals surface area contributed by atoms with Crippen LogP contribution in [0.15, 0.2) is 35.4 Å². The largest absolute Gasteiger partial charge is 0.450 e. The van der Waals surface area contributed by atoms with E-state index in [2.05, 4.69) is 10.5 Å². The third kappa shape index (κ3) is 6.07. The highest BCUT2D eigenvalue weighted by molar-refractivity contribution is 7.72. The first kappa shape index (κ1) is 20.3. The van der Waals surface area contributed by atoms with Crippen LogP contribution in [-0.2, 0) is 18.4 Å². The third-order valence-electron chi connectivity index (χ3n) is 2.64. The summed E-state index contributed by atoms with van der Waals surface area (Å²) in [6.07, 6.45) is -6.29. The van der Waals surface area contributed by atoms with Crippen molar-refractivity contribution in [1.82, 2.24) is 0 Å². The minimum absolute atomic E-state index is 0.0815. The number of para-hydroxylation sites is 1. The Hall–Kier alpha value is -1.70. The second-order valence-corrected chi connectivity index (χ2v) is 6.46. The van der Waals surface area contributed by atoms with E-state index in [1.165, 1.54) is 13.8 Å². The van der Waals surface area contributed by atoms with Crippen molar-refractivity contribution in [3.63, 3.8) is 0 Å². The van der Waals surface area contributed by atoms with Gasteiger partial charge in [0.25, 0.3) is 0 Å². The molecule has 1 aromatic rings. The minimum atomic E-state index is -5.07. The van der Waals surface area contributed by atoms with Crippen molar-refractivity contribution in [2.75, 3.05) is 18.6 Å². The lowest BCUT2D eigenvalue weighted by atomic mass is 10.3. The van der Waals surface area contributed by atoms with Crippen LogP contribution in [0.1, 0.15) is 20.3 Å². The molecule has 134 valence electrons. The quantitative estimate of drug-likeness (QED) is 0.403. The van der Waals surface area contributed by atoms with Crippen LogP contribution in [0, 0.1) is 0 Å². The minimum Gasteiger partial charge on any atom is -0.305 e. The van der Waals surface area contributed by atoms with Gasteiger partial charge in [0.1, 0.15) is 0 Å². The standard InChI is InChI=1S/C14H18F3N2O4P/c1-3-22-24(21,23-4-2)13(10-12(20)14(15,16)17)19-18-11-8-6-5-7-9-11/h5-9,18H,3-4,10H2,1-2H3/b19-13+. The van der Waals surface area contributed by atoms with Crippen LogP contribution < -0.4 is 5.43 Å². The zero-order valence-corrected chi connectivity index (χ0v) is 14.1. The summed E-state index contributed by atoms with van der Waals surface area (Å²) in [6, 6.07) is 8.26. The van der Waals surface area contributed by atoms with Crippen molar-refractivity contribution in [1.29, 1.82) is 0 Å². The molecule has 6 nitrogen and oxygen atoms in total. The highest BCUT2D eigenvalue weighted by Gasteiger charge is 2.43. The summed E-state index contributed by atoms with van der Waals surface area (Å²) in [7, 11) is -4.12. The van der Waals surface area contributed by atoms with E-state index in [9.17, 15) is 22.5 Å². The van der Waals surface area contributed by atoms with Gasteiger partial charge < -0.3 is 9.05 Å². The van der Waals surface area contributed by atoms with Gasteiger partial charge in [0.2, 0.25) is 5.78 Å². The number of nitrogens with one attached hydrogen (secondary N) is 1. The average Bonchev–Trinajstić information content (AvgIpc) is 2.51. The van der Waals surface area contributed by atoms with Crippen molar-refractivity contribution >= 4 is 24.5 Å². The lowest BCUT2D eigenvalue weighted by molar-refractivity contribution is -0.169. The van der Waals surface area contributed by atoms with E-state index in [0.29, 0.717) is 5.69 Å². The number of benzene rings is 1. The number of anilines is 1. The lowest BCUT2D eigenvalue weighted by Gasteiger charge is -2.19. The number of alkyl halides is 3. The van der Waals surface area contributed by atoms with Crippen LogP contribution in [0.25, 0.3) is 0 Å². The van der Waals surface area contributed by atoms with Crippen molar-refractivity contribution < 1.29 is 31.6 Å². The van der Waals surface area contributed by atoms with E-state index in [-0.39, 0.29) is 13.2 Å². The van der Waals surface area contributed by atoms with Gasteiger partial charge in [0, 0.05) is 0 Å². The normalized spacial score (nSPS) is 13.0. The molecule has 0 amide bonds. The molecule has 0 spiro atoms. The molecule has 0 saturated heterocycles. The maximum absolute atomic E-state index is 12.7. The van der Waals surface area contributed by atoms with Gasteiger partial charge in [0.15, 0.2) is 5.45 Å². The second kappa shape index (κ2) is 8.96. The van der Waals surface area contributed by atoms with Crippen molar-refractivity contribution in [3.05, 3.63) is 30.3 Å². The number of halogens is 3. The molecule has 1 rings (SSSR count). The second-order valence-electron chi connectivity index (χ2n) is 4.44. The number of Topliss-reactive ketones (excluding diaryl/α,β-unsaturated/α-hetero) is 1. The van der Waals surface area contributed by atoms with Gasteiger partial charge in [-0.3, -0.25) is 14.8 Å². The monoisotopic (exact) mass is 366 g/mol. The van der Waals surface area contributed by atoms with Gasteiger partial charge in [-0.25, -0.2) is 0 Å². The molecule has 0 aliphatic carbocycles. The average molecular weight is 366 g/mol. The van der Waals surface area contributed by atoms with Crippen LogP contribution in [0.2, 0.25) is 0 Å². The number of carbonyl (C=O) groups is 1. The fourth-order valence-electron chi connectivity index (χ4n) is 1.61. The lowest BCUT2D eigenvalue weighted by Crippen LogP contribution is -2.26. The molecule has 0 fully saturated rings. The maximum Gasteiger partial charge on any atom is 0.450 e. The Kier molecular flexibility index (Phi) is 7.59. The first-order valence-corrected chi connectivity index (χ1v) is 8.64.